The molecule has 0 radical (unpaired) electrons. The minimum absolute atomic E-state index is 0.110. The summed E-state index contributed by atoms with van der Waals surface area (Å²) in [6.07, 6.45) is 0. The average molecular weight is 317 g/mol. The molecular formula is C20H15NO3. The summed E-state index contributed by atoms with van der Waals surface area (Å²) < 4.78 is 5.80. The number of hydrogen-bond donors (Lipinski definition) is 1. The van der Waals surface area contributed by atoms with Gasteiger partial charge in [-0.1, -0.05) is 36.4 Å². The third-order valence-corrected chi connectivity index (χ3v) is 4.07. The van der Waals surface area contributed by atoms with Crippen molar-refractivity contribution in [1.82, 2.24) is 0 Å². The lowest BCUT2D eigenvalue weighted by atomic mass is 10.0. The molecule has 0 atom stereocenters. The number of hydrogen-bond acceptors (Lipinski definition) is 3. The van der Waals surface area contributed by atoms with E-state index in [0.29, 0.717) is 17.0 Å². The Morgan fingerprint density at radius 1 is 0.875 bits per heavy atom. The first-order chi connectivity index (χ1) is 11.7. The number of anilines is 1. The van der Waals surface area contributed by atoms with Crippen LogP contribution in [-0.2, 0) is 0 Å². The molecule has 4 rings (SSSR count). The number of carbonyl (C=O) groups excluding carboxylic acids is 1. The number of nitrogens with zero attached hydrogens (tertiary/aromatic N) is 1. The van der Waals surface area contributed by atoms with Crippen LogP contribution in [0.15, 0.2) is 72.8 Å². The molecule has 0 aliphatic carbocycles. The first-order valence-corrected chi connectivity index (χ1v) is 7.65. The quantitative estimate of drug-likeness (QED) is 0.775. The minimum Gasteiger partial charge on any atom is -0.508 e. The van der Waals surface area contributed by atoms with Crippen LogP contribution in [-0.4, -0.2) is 17.7 Å². The van der Waals surface area contributed by atoms with Crippen molar-refractivity contribution in [1.29, 1.82) is 0 Å². The van der Waals surface area contributed by atoms with Crippen molar-refractivity contribution in [3.05, 3.63) is 78.4 Å². The summed E-state index contributed by atoms with van der Waals surface area (Å²) in [5.74, 6) is 0.648. The smallest absolute Gasteiger partial charge is 0.264 e. The molecule has 0 saturated carbocycles. The number of ether oxygens (including phenoxy) is 1. The maximum Gasteiger partial charge on any atom is 0.264 e. The third kappa shape index (κ3) is 2.48. The largest absolute Gasteiger partial charge is 0.508 e. The Balaban J connectivity index is 1.67. The molecule has 0 spiro atoms. The van der Waals surface area contributed by atoms with E-state index in [-0.39, 0.29) is 18.4 Å². The van der Waals surface area contributed by atoms with Crippen LogP contribution >= 0.6 is 0 Å². The predicted octanol–water partition coefficient (Wildman–Crippen LogP) is 4.06. The van der Waals surface area contributed by atoms with Crippen LogP contribution in [0.25, 0.3) is 11.1 Å². The second-order valence-corrected chi connectivity index (χ2v) is 5.60. The van der Waals surface area contributed by atoms with Crippen molar-refractivity contribution in [2.45, 2.75) is 0 Å². The Bertz CT molecular complexity index is 889. The monoisotopic (exact) mass is 317 g/mol. The molecule has 1 N–H and O–H groups in total. The summed E-state index contributed by atoms with van der Waals surface area (Å²) >= 11 is 0. The molecule has 1 amide bonds. The Morgan fingerprint density at radius 3 is 2.38 bits per heavy atom. The first-order valence-electron chi connectivity index (χ1n) is 7.65. The average Bonchev–Trinajstić information content (AvgIpc) is 2.63. The molecule has 24 heavy (non-hydrogen) atoms. The number of amides is 1. The lowest BCUT2D eigenvalue weighted by Gasteiger charge is -2.29. The number of fused-ring (bicyclic) bond motifs is 1. The fraction of sp³-hybridized carbons (Fsp3) is 0.0500. The van der Waals surface area contributed by atoms with Gasteiger partial charge in [-0.05, 0) is 47.5 Å². The van der Waals surface area contributed by atoms with E-state index in [2.05, 4.69) is 0 Å². The van der Waals surface area contributed by atoms with Crippen LogP contribution in [0.2, 0.25) is 0 Å². The maximum atomic E-state index is 12.7. The highest BCUT2D eigenvalue weighted by Crippen LogP contribution is 2.32. The molecule has 0 fully saturated rings. The molecule has 1 aliphatic rings. The zero-order valence-corrected chi connectivity index (χ0v) is 12.8. The van der Waals surface area contributed by atoms with Crippen molar-refractivity contribution in [2.75, 3.05) is 11.6 Å². The zero-order chi connectivity index (χ0) is 16.5. The highest BCUT2D eigenvalue weighted by molar-refractivity contribution is 6.09. The van der Waals surface area contributed by atoms with E-state index in [1.807, 2.05) is 42.5 Å². The summed E-state index contributed by atoms with van der Waals surface area (Å²) in [5, 5.41) is 9.38. The molecule has 0 unspecified atom stereocenters. The number of aromatic hydroxyl groups is 1. The highest BCUT2D eigenvalue weighted by atomic mass is 16.5. The molecule has 118 valence electrons. The molecule has 3 aromatic rings. The van der Waals surface area contributed by atoms with E-state index in [4.69, 9.17) is 4.74 Å². The molecule has 0 saturated heterocycles. The number of rotatable bonds is 2. The van der Waals surface area contributed by atoms with Crippen molar-refractivity contribution in [2.24, 2.45) is 0 Å². The van der Waals surface area contributed by atoms with Gasteiger partial charge < -0.3 is 9.84 Å². The van der Waals surface area contributed by atoms with Gasteiger partial charge in [0.05, 0.1) is 5.56 Å². The maximum absolute atomic E-state index is 12.7. The van der Waals surface area contributed by atoms with Crippen molar-refractivity contribution in [3.8, 4) is 22.6 Å². The summed E-state index contributed by atoms with van der Waals surface area (Å²) in [4.78, 5) is 14.3. The van der Waals surface area contributed by atoms with Gasteiger partial charge in [0.2, 0.25) is 0 Å². The number of phenolic OH excluding ortho intramolecular Hbond substituents is 1. The fourth-order valence-corrected chi connectivity index (χ4v) is 2.79. The molecule has 4 nitrogen and oxygen atoms in total. The lowest BCUT2D eigenvalue weighted by Crippen LogP contribution is -2.38. The van der Waals surface area contributed by atoms with Crippen molar-refractivity contribution in [3.63, 3.8) is 0 Å². The minimum atomic E-state index is -0.110. The van der Waals surface area contributed by atoms with E-state index in [0.717, 1.165) is 11.1 Å². The number of phenols is 1. The standard InChI is InChI=1S/C20H15NO3/c22-17-9-7-16(8-10-17)21-13-24-19-12-15(6-11-18(19)20(21)23)14-4-2-1-3-5-14/h1-12,22H,13H2. The van der Waals surface area contributed by atoms with Gasteiger partial charge in [0, 0.05) is 5.69 Å². The van der Waals surface area contributed by atoms with E-state index in [1.54, 1.807) is 35.2 Å². The van der Waals surface area contributed by atoms with E-state index >= 15 is 0 Å². The molecular weight excluding hydrogens is 302 g/mol. The van der Waals surface area contributed by atoms with Crippen LogP contribution in [0.4, 0.5) is 5.69 Å². The highest BCUT2D eigenvalue weighted by Gasteiger charge is 2.27. The molecule has 3 aromatic carbocycles. The SMILES string of the molecule is O=C1c2ccc(-c3ccccc3)cc2OCN1c1ccc(O)cc1. The summed E-state index contributed by atoms with van der Waals surface area (Å²) in [6.45, 7) is 0.148. The molecule has 1 heterocycles. The predicted molar refractivity (Wildman–Crippen MR) is 92.3 cm³/mol. The van der Waals surface area contributed by atoms with Crippen LogP contribution in [0, 0.1) is 0 Å². The Kier molecular flexibility index (Phi) is 3.43. The van der Waals surface area contributed by atoms with Crippen LogP contribution < -0.4 is 9.64 Å². The zero-order valence-electron chi connectivity index (χ0n) is 12.8. The first kappa shape index (κ1) is 14.3. The Morgan fingerprint density at radius 2 is 1.62 bits per heavy atom. The lowest BCUT2D eigenvalue weighted by molar-refractivity contribution is 0.0937. The van der Waals surface area contributed by atoms with Gasteiger partial charge in [-0.2, -0.15) is 0 Å². The van der Waals surface area contributed by atoms with Gasteiger partial charge in [-0.15, -0.1) is 0 Å². The van der Waals surface area contributed by atoms with Gasteiger partial charge >= 0.3 is 0 Å². The molecule has 4 heteroatoms. The molecule has 0 bridgehead atoms. The topological polar surface area (TPSA) is 49.8 Å². The normalized spacial score (nSPS) is 13.3. The van der Waals surface area contributed by atoms with E-state index < -0.39 is 0 Å². The number of carbonyl (C=O) groups is 1. The van der Waals surface area contributed by atoms with Gasteiger partial charge in [-0.25, -0.2) is 0 Å². The van der Waals surface area contributed by atoms with Gasteiger partial charge in [0.15, 0.2) is 6.73 Å². The van der Waals surface area contributed by atoms with Gasteiger partial charge in [-0.3, -0.25) is 9.69 Å². The molecule has 0 aromatic heterocycles. The second kappa shape index (κ2) is 5.74. The van der Waals surface area contributed by atoms with Crippen LogP contribution in [0.3, 0.4) is 0 Å². The summed E-state index contributed by atoms with van der Waals surface area (Å²) in [7, 11) is 0. The Labute approximate surface area is 139 Å². The van der Waals surface area contributed by atoms with Crippen molar-refractivity contribution < 1.29 is 14.6 Å². The molecule has 1 aliphatic heterocycles. The van der Waals surface area contributed by atoms with Crippen LogP contribution in [0.1, 0.15) is 10.4 Å². The summed E-state index contributed by atoms with van der Waals surface area (Å²) in [5.41, 5.74) is 3.32. The summed E-state index contributed by atoms with van der Waals surface area (Å²) in [6, 6.07) is 22.1. The fourth-order valence-electron chi connectivity index (χ4n) is 2.79. The third-order valence-electron chi connectivity index (χ3n) is 4.07. The van der Waals surface area contributed by atoms with Gasteiger partial charge in [0.25, 0.3) is 5.91 Å². The number of benzene rings is 3. The second-order valence-electron chi connectivity index (χ2n) is 5.60. The van der Waals surface area contributed by atoms with Gasteiger partial charge in [0.1, 0.15) is 11.5 Å². The van der Waals surface area contributed by atoms with Crippen molar-refractivity contribution >= 4 is 11.6 Å². The van der Waals surface area contributed by atoms with Crippen LogP contribution in [0.5, 0.6) is 11.5 Å². The van der Waals surface area contributed by atoms with E-state index in [1.165, 1.54) is 0 Å². The van der Waals surface area contributed by atoms with E-state index in [9.17, 15) is 9.90 Å². The Hall–Kier alpha value is -3.27.